The van der Waals surface area contributed by atoms with Crippen molar-refractivity contribution in [2.75, 3.05) is 39.8 Å². The molecule has 1 aliphatic heterocycles. The summed E-state index contributed by atoms with van der Waals surface area (Å²) >= 11 is 1.15. The van der Waals surface area contributed by atoms with Gasteiger partial charge in [-0.15, -0.1) is 11.3 Å². The number of sulfonamides is 1. The molecular weight excluding hydrogens is 354 g/mol. The van der Waals surface area contributed by atoms with Gasteiger partial charge in [-0.3, -0.25) is 4.79 Å². The van der Waals surface area contributed by atoms with E-state index in [1.54, 1.807) is 13.8 Å². The van der Waals surface area contributed by atoms with Gasteiger partial charge < -0.3 is 15.0 Å². The van der Waals surface area contributed by atoms with Gasteiger partial charge in [0.25, 0.3) is 5.91 Å². The maximum atomic E-state index is 12.8. The van der Waals surface area contributed by atoms with Crippen LogP contribution in [0.2, 0.25) is 0 Å². The van der Waals surface area contributed by atoms with Gasteiger partial charge in [-0.05, 0) is 19.9 Å². The largest absolute Gasteiger partial charge is 0.450 e. The van der Waals surface area contributed by atoms with E-state index in [0.717, 1.165) is 11.3 Å². The van der Waals surface area contributed by atoms with E-state index in [0.29, 0.717) is 9.75 Å². The number of ether oxygens (including phenoxy) is 1. The van der Waals surface area contributed by atoms with Crippen LogP contribution in [0.25, 0.3) is 0 Å². The molecule has 0 radical (unpaired) electrons. The Morgan fingerprint density at radius 2 is 1.92 bits per heavy atom. The van der Waals surface area contributed by atoms with E-state index < -0.39 is 16.1 Å². The Bertz CT molecular complexity index is 721. The van der Waals surface area contributed by atoms with Gasteiger partial charge in [0.2, 0.25) is 10.0 Å². The Morgan fingerprint density at radius 1 is 1.29 bits per heavy atom. The van der Waals surface area contributed by atoms with Crippen LogP contribution in [0.5, 0.6) is 0 Å². The molecule has 0 unspecified atom stereocenters. The molecule has 1 fully saturated rings. The zero-order chi connectivity index (χ0) is 17.9. The summed E-state index contributed by atoms with van der Waals surface area (Å²) < 4.78 is 31.9. The molecule has 0 bridgehead atoms. The average Bonchev–Trinajstić information content (AvgIpc) is 2.97. The molecule has 0 atom stereocenters. The first-order valence-corrected chi connectivity index (χ1v) is 9.81. The number of hydrogen-bond acceptors (Lipinski definition) is 6. The molecule has 0 saturated carbocycles. The van der Waals surface area contributed by atoms with Gasteiger partial charge in [0.1, 0.15) is 0 Å². The molecule has 134 valence electrons. The normalized spacial score (nSPS) is 16.0. The summed E-state index contributed by atoms with van der Waals surface area (Å²) in [5.41, 5.74) is 0. The lowest BCUT2D eigenvalue weighted by Crippen LogP contribution is -2.50. The minimum absolute atomic E-state index is 0.149. The summed E-state index contributed by atoms with van der Waals surface area (Å²) in [7, 11) is -2.19. The summed E-state index contributed by atoms with van der Waals surface area (Å²) in [6.45, 7) is 4.65. The number of aryl methyl sites for hydroxylation is 1. The predicted molar refractivity (Wildman–Crippen MR) is 89.8 cm³/mol. The number of nitrogens with zero attached hydrogens (tertiary/aromatic N) is 2. The molecule has 24 heavy (non-hydrogen) atoms. The van der Waals surface area contributed by atoms with Gasteiger partial charge in [-0.25, -0.2) is 13.2 Å². The lowest BCUT2D eigenvalue weighted by atomic mass is 10.4. The minimum atomic E-state index is -3.69. The van der Waals surface area contributed by atoms with Crippen LogP contribution in [0.3, 0.4) is 0 Å². The third-order valence-electron chi connectivity index (χ3n) is 3.71. The van der Waals surface area contributed by atoms with E-state index in [1.165, 1.54) is 22.3 Å². The molecule has 0 aromatic carbocycles. The molecule has 2 heterocycles. The lowest BCUT2D eigenvalue weighted by molar-refractivity contribution is 0.0932. The SMILES string of the molecule is CCOC(=O)N1CCN(S(=O)(=O)c2cc(C(=O)NC)sc2C)CC1. The van der Waals surface area contributed by atoms with Gasteiger partial charge in [0.05, 0.1) is 16.4 Å². The van der Waals surface area contributed by atoms with Crippen molar-refractivity contribution in [3.05, 3.63) is 15.8 Å². The molecule has 1 aliphatic rings. The number of carbonyl (C=O) groups is 2. The molecule has 1 N–H and O–H groups in total. The van der Waals surface area contributed by atoms with Crippen molar-refractivity contribution < 1.29 is 22.7 Å². The standard InChI is InChI=1S/C14H21N3O5S2/c1-4-22-14(19)16-5-7-17(8-6-16)24(20,21)12-9-11(13(18)15-3)23-10(12)2/h9H,4-8H2,1-3H3,(H,15,18). The molecule has 1 aromatic heterocycles. The minimum Gasteiger partial charge on any atom is -0.450 e. The van der Waals surface area contributed by atoms with Gasteiger partial charge in [0, 0.05) is 38.1 Å². The first-order chi connectivity index (χ1) is 11.3. The third-order valence-corrected chi connectivity index (χ3v) is 6.91. The Morgan fingerprint density at radius 3 is 2.46 bits per heavy atom. The second-order valence-corrected chi connectivity index (χ2v) is 8.36. The molecule has 0 aliphatic carbocycles. The first-order valence-electron chi connectivity index (χ1n) is 7.55. The topological polar surface area (TPSA) is 96.0 Å². The molecular formula is C14H21N3O5S2. The predicted octanol–water partition coefficient (Wildman–Crippen LogP) is 0.879. The zero-order valence-corrected chi connectivity index (χ0v) is 15.5. The van der Waals surface area contributed by atoms with Crippen molar-refractivity contribution in [1.29, 1.82) is 0 Å². The maximum absolute atomic E-state index is 12.8. The van der Waals surface area contributed by atoms with E-state index in [4.69, 9.17) is 4.74 Å². The van der Waals surface area contributed by atoms with Crippen molar-refractivity contribution >= 4 is 33.4 Å². The zero-order valence-electron chi connectivity index (χ0n) is 13.9. The molecule has 0 spiro atoms. The highest BCUT2D eigenvalue weighted by Gasteiger charge is 2.32. The second-order valence-electron chi connectivity index (χ2n) is 5.20. The molecule has 2 amide bonds. The van der Waals surface area contributed by atoms with Crippen LogP contribution in [0.15, 0.2) is 11.0 Å². The number of piperazine rings is 1. The highest BCUT2D eigenvalue weighted by Crippen LogP contribution is 2.28. The summed E-state index contributed by atoms with van der Waals surface area (Å²) in [4.78, 5) is 25.9. The molecule has 1 saturated heterocycles. The Kier molecular flexibility index (Phi) is 5.83. The fraction of sp³-hybridized carbons (Fsp3) is 0.571. The van der Waals surface area contributed by atoms with Crippen LogP contribution in [-0.4, -0.2) is 69.5 Å². The smallest absolute Gasteiger partial charge is 0.409 e. The molecule has 8 nitrogen and oxygen atoms in total. The Balaban J connectivity index is 2.14. The number of carbonyl (C=O) groups excluding carboxylic acids is 2. The maximum Gasteiger partial charge on any atom is 0.409 e. The second kappa shape index (κ2) is 7.49. The van der Waals surface area contributed by atoms with E-state index in [2.05, 4.69) is 5.32 Å². The van der Waals surface area contributed by atoms with E-state index >= 15 is 0 Å². The number of amides is 2. The number of nitrogens with one attached hydrogen (secondary N) is 1. The highest BCUT2D eigenvalue weighted by molar-refractivity contribution is 7.89. The van der Waals surface area contributed by atoms with E-state index in [9.17, 15) is 18.0 Å². The quantitative estimate of drug-likeness (QED) is 0.843. The summed E-state index contributed by atoms with van der Waals surface area (Å²) in [6.07, 6.45) is -0.428. The Labute approximate surface area is 145 Å². The molecule has 1 aromatic rings. The van der Waals surface area contributed by atoms with Gasteiger partial charge >= 0.3 is 6.09 Å². The summed E-state index contributed by atoms with van der Waals surface area (Å²) in [5, 5.41) is 2.49. The van der Waals surface area contributed by atoms with Crippen LogP contribution < -0.4 is 5.32 Å². The fourth-order valence-electron chi connectivity index (χ4n) is 2.42. The van der Waals surface area contributed by atoms with E-state index in [-0.39, 0.29) is 43.6 Å². The molecule has 10 heteroatoms. The van der Waals surface area contributed by atoms with Crippen LogP contribution in [0.4, 0.5) is 4.79 Å². The first kappa shape index (κ1) is 18.7. The van der Waals surface area contributed by atoms with Crippen LogP contribution in [0.1, 0.15) is 21.5 Å². The number of hydrogen-bond donors (Lipinski definition) is 1. The highest BCUT2D eigenvalue weighted by atomic mass is 32.2. The van der Waals surface area contributed by atoms with Crippen LogP contribution in [-0.2, 0) is 14.8 Å². The summed E-state index contributed by atoms with van der Waals surface area (Å²) in [6, 6.07) is 1.41. The van der Waals surface area contributed by atoms with Crippen molar-refractivity contribution in [1.82, 2.24) is 14.5 Å². The Hall–Kier alpha value is -1.65. The fourth-order valence-corrected chi connectivity index (χ4v) is 5.35. The van der Waals surface area contributed by atoms with E-state index in [1.807, 2.05) is 0 Å². The molecule has 2 rings (SSSR count). The van der Waals surface area contributed by atoms with Gasteiger partial charge in [-0.2, -0.15) is 4.31 Å². The van der Waals surface area contributed by atoms with Gasteiger partial charge in [0.15, 0.2) is 0 Å². The van der Waals surface area contributed by atoms with Crippen molar-refractivity contribution in [3.8, 4) is 0 Å². The van der Waals surface area contributed by atoms with Gasteiger partial charge in [-0.1, -0.05) is 0 Å². The monoisotopic (exact) mass is 375 g/mol. The van der Waals surface area contributed by atoms with Crippen LogP contribution >= 0.6 is 11.3 Å². The summed E-state index contributed by atoms with van der Waals surface area (Å²) in [5.74, 6) is -0.309. The van der Waals surface area contributed by atoms with Crippen molar-refractivity contribution in [2.45, 2.75) is 18.7 Å². The van der Waals surface area contributed by atoms with Crippen LogP contribution in [0, 0.1) is 6.92 Å². The third kappa shape index (κ3) is 3.70. The number of thiophene rings is 1. The van der Waals surface area contributed by atoms with Crippen molar-refractivity contribution in [3.63, 3.8) is 0 Å². The number of rotatable bonds is 4. The van der Waals surface area contributed by atoms with Crippen molar-refractivity contribution in [2.24, 2.45) is 0 Å². The average molecular weight is 375 g/mol. The lowest BCUT2D eigenvalue weighted by Gasteiger charge is -2.33.